The van der Waals surface area contributed by atoms with Gasteiger partial charge >= 0.3 is 0 Å². The first-order chi connectivity index (χ1) is 6.38. The van der Waals surface area contributed by atoms with Gasteiger partial charge in [-0.1, -0.05) is 18.7 Å². The van der Waals surface area contributed by atoms with Crippen LogP contribution in [0.5, 0.6) is 0 Å². The predicted molar refractivity (Wildman–Crippen MR) is 56.9 cm³/mol. The molecule has 0 fully saturated rings. The van der Waals surface area contributed by atoms with Crippen molar-refractivity contribution in [2.75, 3.05) is 6.61 Å². The summed E-state index contributed by atoms with van der Waals surface area (Å²) in [7, 11) is 0. The summed E-state index contributed by atoms with van der Waals surface area (Å²) in [6.45, 7) is 7.68. The molecule has 0 aliphatic rings. The topological polar surface area (TPSA) is 9.23 Å². The maximum atomic E-state index is 5.51. The highest BCUT2D eigenvalue weighted by Gasteiger charge is 2.07. The third kappa shape index (κ3) is 3.03. The average Bonchev–Trinajstić information content (AvgIpc) is 2.65. The fourth-order valence-electron chi connectivity index (χ4n) is 0.944. The highest BCUT2D eigenvalue weighted by molar-refractivity contribution is 7.10. The maximum Gasteiger partial charge on any atom is 0.118 e. The smallest absolute Gasteiger partial charge is 0.118 e. The molecule has 1 heterocycles. The van der Waals surface area contributed by atoms with Gasteiger partial charge in [-0.25, -0.2) is 0 Å². The van der Waals surface area contributed by atoms with Crippen LogP contribution >= 0.6 is 11.3 Å². The van der Waals surface area contributed by atoms with E-state index in [1.165, 1.54) is 0 Å². The second-order valence-corrected chi connectivity index (χ2v) is 3.41. The van der Waals surface area contributed by atoms with E-state index in [0.717, 1.165) is 4.88 Å². The first kappa shape index (κ1) is 10.0. The average molecular weight is 192 g/mol. The molecule has 0 saturated carbocycles. The monoisotopic (exact) mass is 192 g/mol. The summed E-state index contributed by atoms with van der Waals surface area (Å²) < 4.78 is 5.51. The molecule has 0 N–H and O–H groups in total. The summed E-state index contributed by atoms with van der Waals surface area (Å²) >= 11 is 1.66. The third-order valence-corrected chi connectivity index (χ3v) is 2.42. The van der Waals surface area contributed by atoms with E-state index in [1.807, 2.05) is 23.6 Å². The molecule has 1 rings (SSSR count). The largest absolute Gasteiger partial charge is 0.364 e. The van der Waals surface area contributed by atoms with Crippen LogP contribution in [0.2, 0.25) is 0 Å². The van der Waals surface area contributed by atoms with Gasteiger partial charge in [0.15, 0.2) is 0 Å². The maximum absolute atomic E-state index is 5.51. The highest BCUT2D eigenvalue weighted by Crippen LogP contribution is 2.23. The molecule has 0 bridgehead atoms. The van der Waals surface area contributed by atoms with E-state index in [0.29, 0.717) is 6.61 Å². The summed E-state index contributed by atoms with van der Waals surface area (Å²) in [5, 5.41) is 2.02. The minimum atomic E-state index is -0.0319. The van der Waals surface area contributed by atoms with Gasteiger partial charge in [0.25, 0.3) is 0 Å². The van der Waals surface area contributed by atoms with Gasteiger partial charge in [-0.3, -0.25) is 0 Å². The zero-order valence-corrected chi connectivity index (χ0v) is 8.22. The number of hydrogen-bond donors (Lipinski definition) is 0. The van der Waals surface area contributed by atoms with E-state index >= 15 is 0 Å². The molecule has 0 amide bonds. The normalized spacial score (nSPS) is 11.7. The van der Waals surface area contributed by atoms with Crippen molar-refractivity contribution >= 4 is 11.3 Å². The quantitative estimate of drug-likeness (QED) is 0.513. The van der Waals surface area contributed by atoms with Crippen LogP contribution < -0.4 is 0 Å². The Labute approximate surface area is 82.7 Å². The zero-order chi connectivity index (χ0) is 9.52. The lowest BCUT2D eigenvalue weighted by atomic mass is 10.3. The highest BCUT2D eigenvalue weighted by atomic mass is 32.1. The van der Waals surface area contributed by atoms with Crippen LogP contribution in [0.15, 0.2) is 48.6 Å². The van der Waals surface area contributed by atoms with E-state index < -0.39 is 0 Å². The number of thiophene rings is 1. The van der Waals surface area contributed by atoms with Gasteiger partial charge in [-0.15, -0.1) is 23.6 Å². The molecule has 0 aliphatic heterocycles. The van der Waals surface area contributed by atoms with Gasteiger partial charge in [-0.05, 0) is 17.5 Å². The van der Waals surface area contributed by atoms with Crippen molar-refractivity contribution in [1.29, 1.82) is 0 Å². The summed E-state index contributed by atoms with van der Waals surface area (Å²) in [6, 6.07) is 4.04. The minimum Gasteiger partial charge on any atom is -0.364 e. The molecule has 13 heavy (non-hydrogen) atoms. The Morgan fingerprint density at radius 1 is 1.69 bits per heavy atom. The molecule has 1 unspecified atom stereocenters. The molecule has 2 heteroatoms. The Balaban J connectivity index is 2.68. The van der Waals surface area contributed by atoms with Gasteiger partial charge in [0.2, 0.25) is 0 Å². The van der Waals surface area contributed by atoms with Gasteiger partial charge < -0.3 is 4.74 Å². The summed E-state index contributed by atoms with van der Waals surface area (Å²) in [6.07, 6.45) is 3.52. The van der Waals surface area contributed by atoms with Crippen LogP contribution in [0.4, 0.5) is 0 Å². The second kappa shape index (κ2) is 5.55. The van der Waals surface area contributed by atoms with Crippen LogP contribution in [-0.2, 0) is 4.74 Å². The van der Waals surface area contributed by atoms with Crippen molar-refractivity contribution in [3.05, 3.63) is 53.4 Å². The Kier molecular flexibility index (Phi) is 4.27. The summed E-state index contributed by atoms with van der Waals surface area (Å²) in [4.78, 5) is 1.16. The number of hydrogen-bond acceptors (Lipinski definition) is 2. The van der Waals surface area contributed by atoms with Gasteiger partial charge in [-0.2, -0.15) is 0 Å². The van der Waals surface area contributed by atoms with E-state index in [4.69, 9.17) is 4.74 Å². The van der Waals surface area contributed by atoms with E-state index in [-0.39, 0.29) is 6.10 Å². The van der Waals surface area contributed by atoms with Crippen LogP contribution in [-0.4, -0.2) is 6.61 Å². The first-order valence-corrected chi connectivity index (χ1v) is 4.88. The number of ether oxygens (including phenoxy) is 1. The molecule has 1 aromatic heterocycles. The van der Waals surface area contributed by atoms with Gasteiger partial charge in [0.05, 0.1) is 6.61 Å². The van der Waals surface area contributed by atoms with Crippen LogP contribution in [0.3, 0.4) is 0 Å². The Morgan fingerprint density at radius 2 is 2.54 bits per heavy atom. The van der Waals surface area contributed by atoms with E-state index in [2.05, 4.69) is 18.9 Å². The molecule has 0 spiro atoms. The van der Waals surface area contributed by atoms with Gasteiger partial charge in [0, 0.05) is 4.88 Å². The molecule has 0 aromatic carbocycles. The molecule has 1 nitrogen and oxygen atoms in total. The molecule has 1 aromatic rings. The molecular weight excluding hydrogens is 180 g/mol. The zero-order valence-electron chi connectivity index (χ0n) is 7.40. The lowest BCUT2D eigenvalue weighted by molar-refractivity contribution is 0.113. The third-order valence-electron chi connectivity index (χ3n) is 1.49. The Morgan fingerprint density at radius 3 is 3.08 bits per heavy atom. The minimum absolute atomic E-state index is 0.0319. The van der Waals surface area contributed by atoms with Crippen molar-refractivity contribution in [3.63, 3.8) is 0 Å². The van der Waals surface area contributed by atoms with Crippen LogP contribution in [0.25, 0.3) is 0 Å². The van der Waals surface area contributed by atoms with Crippen molar-refractivity contribution in [2.24, 2.45) is 0 Å². The molecular formula is C11H12OS. The predicted octanol–water partition coefficient (Wildman–Crippen LogP) is 3.33. The fourth-order valence-corrected chi connectivity index (χ4v) is 1.69. The fraction of sp³-hybridized carbons (Fsp3) is 0.182. The lowest BCUT2D eigenvalue weighted by Gasteiger charge is -2.09. The van der Waals surface area contributed by atoms with Crippen molar-refractivity contribution in [3.8, 4) is 0 Å². The van der Waals surface area contributed by atoms with Crippen molar-refractivity contribution < 1.29 is 4.74 Å². The van der Waals surface area contributed by atoms with Gasteiger partial charge in [0.1, 0.15) is 6.10 Å². The van der Waals surface area contributed by atoms with Crippen LogP contribution in [0.1, 0.15) is 11.0 Å². The van der Waals surface area contributed by atoms with E-state index in [1.54, 1.807) is 17.4 Å². The van der Waals surface area contributed by atoms with Crippen LogP contribution in [0, 0.1) is 0 Å². The lowest BCUT2D eigenvalue weighted by Crippen LogP contribution is -1.98. The number of rotatable bonds is 5. The van der Waals surface area contributed by atoms with Crippen molar-refractivity contribution in [2.45, 2.75) is 6.10 Å². The molecule has 0 saturated heterocycles. The Hall–Kier alpha value is -1.08. The molecule has 0 radical (unpaired) electrons. The van der Waals surface area contributed by atoms with Crippen molar-refractivity contribution in [1.82, 2.24) is 0 Å². The summed E-state index contributed by atoms with van der Waals surface area (Å²) in [5.41, 5.74) is 2.74. The molecule has 68 valence electrons. The molecule has 0 aliphatic carbocycles. The SMILES string of the molecule is C=C=CC(OCC=C)c1cccs1. The van der Waals surface area contributed by atoms with E-state index in [9.17, 15) is 0 Å². The first-order valence-electron chi connectivity index (χ1n) is 4.00. The molecule has 1 atom stereocenters. The second-order valence-electron chi connectivity index (χ2n) is 2.43. The standard InChI is InChI=1S/C11H12OS/c1-3-6-10(12-8-4-2)11-7-5-9-13-11/h4-7,9-10H,1-2,8H2. The summed E-state index contributed by atoms with van der Waals surface area (Å²) in [5.74, 6) is 0. The Bertz CT molecular complexity index is 294.